The van der Waals surface area contributed by atoms with E-state index in [4.69, 9.17) is 0 Å². The Hall–Kier alpha value is -6.74. The Morgan fingerprint density at radius 2 is 1.02 bits per heavy atom. The minimum absolute atomic E-state index is 0.305. The molecular formula is C54H37NS. The minimum atomic E-state index is -0.305. The average Bonchev–Trinajstić information content (AvgIpc) is 3.77. The standard InChI is InChI=1S/C54H37NS/c1-54(41-18-3-2-4-19-41)50-26-9-7-22-46(50)47-31-30-44(35-51(47)54)55(42-20-11-16-38(33-42)39-29-28-36-14-5-6-15-37(36)32-39)43-21-12-17-40(34-43)45-24-13-25-49-48-23-8-10-27-52(48)56-53(45)49/h2-35H,1H3. The van der Waals surface area contributed by atoms with Gasteiger partial charge in [0.1, 0.15) is 0 Å². The summed E-state index contributed by atoms with van der Waals surface area (Å²) >= 11 is 1.88. The lowest BCUT2D eigenvalue weighted by Crippen LogP contribution is -2.22. The van der Waals surface area contributed by atoms with Gasteiger partial charge in [-0.2, -0.15) is 0 Å². The predicted octanol–water partition coefficient (Wildman–Crippen LogP) is 15.3. The van der Waals surface area contributed by atoms with Gasteiger partial charge in [0.2, 0.25) is 0 Å². The molecule has 1 nitrogen and oxygen atoms in total. The number of benzene rings is 9. The molecule has 1 unspecified atom stereocenters. The monoisotopic (exact) mass is 731 g/mol. The van der Waals surface area contributed by atoms with Gasteiger partial charge < -0.3 is 4.90 Å². The summed E-state index contributed by atoms with van der Waals surface area (Å²) in [7, 11) is 0. The van der Waals surface area contributed by atoms with Crippen LogP contribution in [0.25, 0.3) is 64.3 Å². The number of hydrogen-bond acceptors (Lipinski definition) is 2. The molecule has 0 aliphatic heterocycles. The van der Waals surface area contributed by atoms with Crippen LogP contribution in [0.1, 0.15) is 23.6 Å². The molecule has 56 heavy (non-hydrogen) atoms. The van der Waals surface area contributed by atoms with Gasteiger partial charge >= 0.3 is 0 Å². The van der Waals surface area contributed by atoms with Crippen molar-refractivity contribution in [2.45, 2.75) is 12.3 Å². The van der Waals surface area contributed by atoms with Crippen LogP contribution in [0.15, 0.2) is 206 Å². The van der Waals surface area contributed by atoms with E-state index >= 15 is 0 Å². The molecule has 0 N–H and O–H groups in total. The van der Waals surface area contributed by atoms with Gasteiger partial charge in [-0.15, -0.1) is 11.3 Å². The van der Waals surface area contributed by atoms with Gasteiger partial charge in [-0.25, -0.2) is 0 Å². The summed E-state index contributed by atoms with van der Waals surface area (Å²) in [6, 6.07) is 76.1. The molecule has 1 heterocycles. The molecule has 1 aromatic heterocycles. The second-order valence-corrected chi connectivity index (χ2v) is 16.1. The van der Waals surface area contributed by atoms with E-state index in [1.807, 2.05) is 11.3 Å². The van der Waals surface area contributed by atoms with Crippen molar-refractivity contribution in [1.29, 1.82) is 0 Å². The summed E-state index contributed by atoms with van der Waals surface area (Å²) < 4.78 is 2.64. The van der Waals surface area contributed by atoms with E-state index in [2.05, 4.69) is 218 Å². The smallest absolute Gasteiger partial charge is 0.0467 e. The van der Waals surface area contributed by atoms with Crippen molar-refractivity contribution in [3.8, 4) is 33.4 Å². The first-order chi connectivity index (χ1) is 27.6. The third kappa shape index (κ3) is 5.14. The lowest BCUT2D eigenvalue weighted by molar-refractivity contribution is 0.714. The Morgan fingerprint density at radius 1 is 0.393 bits per heavy atom. The van der Waals surface area contributed by atoms with Crippen molar-refractivity contribution in [1.82, 2.24) is 0 Å². The molecule has 10 aromatic rings. The largest absolute Gasteiger partial charge is 0.310 e. The number of thiophene rings is 1. The van der Waals surface area contributed by atoms with Gasteiger partial charge in [-0.05, 0) is 116 Å². The van der Waals surface area contributed by atoms with Crippen LogP contribution in [0.3, 0.4) is 0 Å². The first-order valence-electron chi connectivity index (χ1n) is 19.3. The summed E-state index contributed by atoms with van der Waals surface area (Å²) in [4.78, 5) is 2.45. The zero-order valence-electron chi connectivity index (χ0n) is 31.0. The third-order valence-corrected chi connectivity index (χ3v) is 13.1. The molecule has 1 aliphatic rings. The zero-order chi connectivity index (χ0) is 37.2. The number of hydrogen-bond donors (Lipinski definition) is 0. The second-order valence-electron chi connectivity index (χ2n) is 15.0. The van der Waals surface area contributed by atoms with Crippen LogP contribution in [-0.2, 0) is 5.41 Å². The van der Waals surface area contributed by atoms with Crippen LogP contribution in [0.2, 0.25) is 0 Å². The normalized spacial score (nSPS) is 14.6. The fourth-order valence-electron chi connectivity index (χ4n) is 9.13. The Morgan fingerprint density at radius 3 is 1.89 bits per heavy atom. The lowest BCUT2D eigenvalue weighted by atomic mass is 9.74. The van der Waals surface area contributed by atoms with E-state index in [-0.39, 0.29) is 5.41 Å². The van der Waals surface area contributed by atoms with Crippen molar-refractivity contribution >= 4 is 59.3 Å². The summed E-state index contributed by atoms with van der Waals surface area (Å²) in [5, 5.41) is 5.12. The van der Waals surface area contributed by atoms with E-state index in [1.54, 1.807) is 0 Å². The topological polar surface area (TPSA) is 3.24 Å². The van der Waals surface area contributed by atoms with Crippen LogP contribution >= 0.6 is 11.3 Å². The molecule has 1 aliphatic carbocycles. The summed E-state index contributed by atoms with van der Waals surface area (Å²) in [5.41, 5.74) is 14.5. The number of rotatable bonds is 6. The molecule has 264 valence electrons. The maximum atomic E-state index is 2.45. The van der Waals surface area contributed by atoms with Crippen LogP contribution in [0, 0.1) is 0 Å². The molecule has 0 bridgehead atoms. The molecule has 0 amide bonds. The van der Waals surface area contributed by atoms with Crippen molar-refractivity contribution in [3.63, 3.8) is 0 Å². The number of fused-ring (bicyclic) bond motifs is 7. The third-order valence-electron chi connectivity index (χ3n) is 11.9. The molecule has 0 saturated heterocycles. The van der Waals surface area contributed by atoms with E-state index in [0.717, 1.165) is 17.1 Å². The highest BCUT2D eigenvalue weighted by Crippen LogP contribution is 2.54. The van der Waals surface area contributed by atoms with Crippen LogP contribution in [-0.4, -0.2) is 0 Å². The molecule has 0 saturated carbocycles. The molecule has 0 spiro atoms. The average molecular weight is 732 g/mol. The van der Waals surface area contributed by atoms with Crippen LogP contribution in [0.5, 0.6) is 0 Å². The van der Waals surface area contributed by atoms with Crippen LogP contribution < -0.4 is 4.90 Å². The van der Waals surface area contributed by atoms with Crippen molar-refractivity contribution in [2.75, 3.05) is 4.90 Å². The molecular weight excluding hydrogens is 695 g/mol. The zero-order valence-corrected chi connectivity index (χ0v) is 31.8. The van der Waals surface area contributed by atoms with Crippen molar-refractivity contribution < 1.29 is 0 Å². The first kappa shape index (κ1) is 32.7. The first-order valence-corrected chi connectivity index (χ1v) is 20.2. The van der Waals surface area contributed by atoms with Crippen LogP contribution in [0.4, 0.5) is 17.1 Å². The van der Waals surface area contributed by atoms with E-state index < -0.39 is 0 Å². The number of nitrogens with zero attached hydrogens (tertiary/aromatic N) is 1. The molecule has 0 radical (unpaired) electrons. The van der Waals surface area contributed by atoms with Crippen molar-refractivity contribution in [3.05, 3.63) is 223 Å². The highest BCUT2D eigenvalue weighted by Gasteiger charge is 2.41. The Balaban J connectivity index is 1.11. The fourth-order valence-corrected chi connectivity index (χ4v) is 10.4. The summed E-state index contributed by atoms with van der Waals surface area (Å²) in [6.45, 7) is 2.40. The van der Waals surface area contributed by atoms with E-state index in [1.165, 1.54) is 81.0 Å². The quantitative estimate of drug-likeness (QED) is 0.165. The van der Waals surface area contributed by atoms with Gasteiger partial charge in [0.25, 0.3) is 0 Å². The molecule has 1 atom stereocenters. The predicted molar refractivity (Wildman–Crippen MR) is 240 cm³/mol. The van der Waals surface area contributed by atoms with Gasteiger partial charge in [0.05, 0.1) is 0 Å². The maximum absolute atomic E-state index is 2.45. The molecule has 9 aromatic carbocycles. The lowest BCUT2D eigenvalue weighted by Gasteiger charge is -2.31. The Kier molecular flexibility index (Phi) is 7.55. The fraction of sp³-hybridized carbons (Fsp3) is 0.0370. The van der Waals surface area contributed by atoms with Gasteiger partial charge in [-0.3, -0.25) is 0 Å². The number of anilines is 3. The molecule has 0 fully saturated rings. The van der Waals surface area contributed by atoms with E-state index in [0.29, 0.717) is 0 Å². The SMILES string of the molecule is CC1(c2ccccc2)c2ccccc2-c2ccc(N(c3cccc(-c4ccc5ccccc5c4)c3)c3cccc(-c4cccc5c4sc4ccccc45)c3)cc21. The van der Waals surface area contributed by atoms with E-state index in [9.17, 15) is 0 Å². The second kappa shape index (κ2) is 12.9. The van der Waals surface area contributed by atoms with Gasteiger partial charge in [-0.1, -0.05) is 158 Å². The molecule has 11 rings (SSSR count). The van der Waals surface area contributed by atoms with Gasteiger partial charge in [0, 0.05) is 42.6 Å². The maximum Gasteiger partial charge on any atom is 0.0467 e. The van der Waals surface area contributed by atoms with Gasteiger partial charge in [0.15, 0.2) is 0 Å². The van der Waals surface area contributed by atoms with Crippen molar-refractivity contribution in [2.24, 2.45) is 0 Å². The summed E-state index contributed by atoms with van der Waals surface area (Å²) in [5.74, 6) is 0. The minimum Gasteiger partial charge on any atom is -0.310 e. The highest BCUT2D eigenvalue weighted by molar-refractivity contribution is 7.26. The molecule has 2 heteroatoms. The Bertz CT molecular complexity index is 3120. The Labute approximate surface area is 331 Å². The summed E-state index contributed by atoms with van der Waals surface area (Å²) in [6.07, 6.45) is 0. The highest BCUT2D eigenvalue weighted by atomic mass is 32.1.